The zero-order chi connectivity index (χ0) is 31.3. The van der Waals surface area contributed by atoms with Gasteiger partial charge < -0.3 is 33.1 Å². The van der Waals surface area contributed by atoms with Gasteiger partial charge in [-0.15, -0.1) is 0 Å². The van der Waals surface area contributed by atoms with Crippen LogP contribution in [0, 0.1) is 0 Å². The van der Waals surface area contributed by atoms with Gasteiger partial charge in [-0.3, -0.25) is 0 Å². The maximum Gasteiger partial charge on any atom is 0.319 e. The molecule has 1 heterocycles. The van der Waals surface area contributed by atoms with Gasteiger partial charge in [0, 0.05) is 23.6 Å². The molecule has 5 heteroatoms. The smallest absolute Gasteiger partial charge is 0.319 e. The first-order chi connectivity index (χ1) is 21.8. The van der Waals surface area contributed by atoms with E-state index in [4.69, 9.17) is 9.16 Å². The van der Waals surface area contributed by atoms with E-state index in [9.17, 15) is 0 Å². The Hall–Kier alpha value is -4.20. The van der Waals surface area contributed by atoms with E-state index in [1.807, 2.05) is 12.1 Å². The molecule has 0 aliphatic carbocycles. The summed E-state index contributed by atoms with van der Waals surface area (Å²) in [5, 5.41) is 3.67. The summed E-state index contributed by atoms with van der Waals surface area (Å²) < 4.78 is 15.5. The summed E-state index contributed by atoms with van der Waals surface area (Å²) in [5.41, 5.74) is 4.58. The van der Waals surface area contributed by atoms with Gasteiger partial charge in [0.1, 0.15) is 25.2 Å². The molecule has 0 bridgehead atoms. The number of hydrogen-bond donors (Lipinski definition) is 0. The van der Waals surface area contributed by atoms with E-state index < -0.39 is 8.32 Å². The molecule has 0 aliphatic rings. The summed E-state index contributed by atoms with van der Waals surface area (Å²) in [6.07, 6.45) is 4.29. The molecule has 0 saturated heterocycles. The van der Waals surface area contributed by atoms with Crippen molar-refractivity contribution in [2.45, 2.75) is 32.4 Å². The minimum absolute atomic E-state index is 0. The number of fused-ring (bicyclic) bond motifs is 1. The van der Waals surface area contributed by atoms with Crippen molar-refractivity contribution in [3.05, 3.63) is 162 Å². The van der Waals surface area contributed by atoms with E-state index in [-0.39, 0.29) is 29.0 Å². The zero-order valence-electron chi connectivity index (χ0n) is 26.9. The van der Waals surface area contributed by atoms with Crippen LogP contribution in [0.4, 0.5) is 0 Å². The van der Waals surface area contributed by atoms with Crippen molar-refractivity contribution in [1.29, 1.82) is 0 Å². The highest BCUT2D eigenvalue weighted by Crippen LogP contribution is 2.37. The molecule has 46 heavy (non-hydrogen) atoms. The topological polar surface area (TPSA) is 22.3 Å². The molecule has 0 spiro atoms. The highest BCUT2D eigenvalue weighted by Gasteiger charge is 2.52. The number of ether oxygens (including phenoxy) is 1. The third kappa shape index (κ3) is 7.11. The van der Waals surface area contributed by atoms with Crippen LogP contribution >= 0.6 is 0 Å². The molecule has 0 unspecified atom stereocenters. The summed E-state index contributed by atoms with van der Waals surface area (Å²) in [4.78, 5) is 0. The maximum absolute atomic E-state index is 7.14. The largest absolute Gasteiger partial charge is 1.00 e. The van der Waals surface area contributed by atoms with Gasteiger partial charge in [0.05, 0.1) is 0 Å². The predicted octanol–water partition coefficient (Wildman–Crippen LogP) is 5.36. The van der Waals surface area contributed by atoms with E-state index >= 15 is 0 Å². The fraction of sp³-hybridized carbons (Fsp3) is 0.146. The molecular formula is C41H40INO2Si. The van der Waals surface area contributed by atoms with E-state index in [1.54, 1.807) is 0 Å². The first-order valence-electron chi connectivity index (χ1n) is 15.5. The number of halogens is 1. The van der Waals surface area contributed by atoms with Crippen molar-refractivity contribution in [2.75, 3.05) is 0 Å². The SMILES string of the molecule is C[n+]1c(C=Cc2ccc(OCc3ccc(O[Si](c4ccccc4)(c4ccccc4)C(C)(C)C)cc3)cc2)ccc2ccccc21.[I-]. The lowest BCUT2D eigenvalue weighted by molar-refractivity contribution is -0.646. The fourth-order valence-electron chi connectivity index (χ4n) is 6.03. The second-order valence-electron chi connectivity index (χ2n) is 12.5. The molecule has 0 aliphatic heterocycles. The van der Waals surface area contributed by atoms with Gasteiger partial charge in [-0.05, 0) is 69.0 Å². The highest BCUT2D eigenvalue weighted by atomic mass is 127. The van der Waals surface area contributed by atoms with Crippen LogP contribution in [-0.4, -0.2) is 8.32 Å². The van der Waals surface area contributed by atoms with Crippen molar-refractivity contribution < 1.29 is 37.7 Å². The van der Waals surface area contributed by atoms with Crippen LogP contribution in [0.3, 0.4) is 0 Å². The molecule has 0 N–H and O–H groups in total. The molecule has 0 radical (unpaired) electrons. The van der Waals surface area contributed by atoms with Crippen LogP contribution < -0.4 is 48.1 Å². The third-order valence-corrected chi connectivity index (χ3v) is 13.4. The number of para-hydroxylation sites is 1. The van der Waals surface area contributed by atoms with Gasteiger partial charge in [0.25, 0.3) is 0 Å². The van der Waals surface area contributed by atoms with Gasteiger partial charge >= 0.3 is 8.32 Å². The summed E-state index contributed by atoms with van der Waals surface area (Å²) in [7, 11) is -0.562. The van der Waals surface area contributed by atoms with Crippen LogP contribution in [0.25, 0.3) is 23.1 Å². The molecule has 0 atom stereocenters. The molecular weight excluding hydrogens is 693 g/mol. The van der Waals surface area contributed by atoms with Crippen LogP contribution in [-0.2, 0) is 13.7 Å². The van der Waals surface area contributed by atoms with E-state index in [0.717, 1.165) is 28.3 Å². The van der Waals surface area contributed by atoms with Gasteiger partial charge in [0.2, 0.25) is 11.2 Å². The van der Waals surface area contributed by atoms with Crippen molar-refractivity contribution in [3.8, 4) is 11.5 Å². The van der Waals surface area contributed by atoms with Crippen molar-refractivity contribution in [3.63, 3.8) is 0 Å². The number of aromatic nitrogens is 1. The van der Waals surface area contributed by atoms with Crippen molar-refractivity contribution >= 4 is 41.7 Å². The first kappa shape index (κ1) is 33.2. The van der Waals surface area contributed by atoms with Crippen molar-refractivity contribution in [1.82, 2.24) is 0 Å². The Balaban J connectivity index is 0.00000417. The minimum Gasteiger partial charge on any atom is -1.00 e. The Morgan fingerprint density at radius 3 is 1.78 bits per heavy atom. The van der Waals surface area contributed by atoms with Gasteiger partial charge in [-0.25, -0.2) is 0 Å². The quantitative estimate of drug-likeness (QED) is 0.114. The monoisotopic (exact) mass is 733 g/mol. The minimum atomic E-state index is -2.67. The summed E-state index contributed by atoms with van der Waals surface area (Å²) in [6, 6.07) is 50.8. The fourth-order valence-corrected chi connectivity index (χ4v) is 10.5. The second-order valence-corrected chi connectivity index (χ2v) is 16.7. The molecule has 6 aromatic rings. The Morgan fingerprint density at radius 1 is 0.609 bits per heavy atom. The first-order valence-corrected chi connectivity index (χ1v) is 17.4. The molecule has 3 nitrogen and oxygen atoms in total. The molecule has 5 aromatic carbocycles. The molecule has 6 rings (SSSR count). The number of pyridine rings is 1. The highest BCUT2D eigenvalue weighted by molar-refractivity contribution is 7.00. The molecule has 0 fully saturated rings. The molecule has 0 amide bonds. The number of rotatable bonds is 9. The predicted molar refractivity (Wildman–Crippen MR) is 190 cm³/mol. The third-order valence-electron chi connectivity index (χ3n) is 8.46. The lowest BCUT2D eigenvalue weighted by atomic mass is 10.1. The molecule has 0 saturated carbocycles. The van der Waals surface area contributed by atoms with Gasteiger partial charge in [0.15, 0.2) is 0 Å². The van der Waals surface area contributed by atoms with E-state index in [2.05, 4.69) is 178 Å². The molecule has 1 aromatic heterocycles. The van der Waals surface area contributed by atoms with E-state index in [0.29, 0.717) is 6.61 Å². The number of hydrogen-bond acceptors (Lipinski definition) is 2. The summed E-state index contributed by atoms with van der Waals surface area (Å²) in [5.74, 6) is 1.72. The lowest BCUT2D eigenvalue weighted by Gasteiger charge is -2.43. The van der Waals surface area contributed by atoms with Crippen LogP contribution in [0.5, 0.6) is 11.5 Å². The Labute approximate surface area is 291 Å². The molecule has 232 valence electrons. The van der Waals surface area contributed by atoms with Gasteiger partial charge in [-0.1, -0.05) is 118 Å². The Kier molecular flexibility index (Phi) is 10.4. The van der Waals surface area contributed by atoms with Crippen LogP contribution in [0.1, 0.15) is 37.6 Å². The Bertz CT molecular complexity index is 1860. The average Bonchev–Trinajstić information content (AvgIpc) is 3.07. The van der Waals surface area contributed by atoms with E-state index in [1.165, 1.54) is 21.3 Å². The number of aryl methyl sites for hydroxylation is 1. The summed E-state index contributed by atoms with van der Waals surface area (Å²) >= 11 is 0. The lowest BCUT2D eigenvalue weighted by Crippen LogP contribution is -3.00. The van der Waals surface area contributed by atoms with Crippen molar-refractivity contribution in [2.24, 2.45) is 7.05 Å². The summed E-state index contributed by atoms with van der Waals surface area (Å²) in [6.45, 7) is 7.38. The van der Waals surface area contributed by atoms with Crippen LogP contribution in [0.15, 0.2) is 146 Å². The van der Waals surface area contributed by atoms with Crippen LogP contribution in [0.2, 0.25) is 5.04 Å². The Morgan fingerprint density at radius 2 is 1.17 bits per heavy atom. The average molecular weight is 734 g/mol. The van der Waals surface area contributed by atoms with Gasteiger partial charge in [-0.2, -0.15) is 4.57 Å². The second kappa shape index (κ2) is 14.5. The number of nitrogens with zero attached hydrogens (tertiary/aromatic N) is 1. The maximum atomic E-state index is 7.14. The normalized spacial score (nSPS) is 11.7. The zero-order valence-corrected chi connectivity index (χ0v) is 30.0. The standard InChI is InChI=1S/C41H40NO2Si.HI/c1-41(2,3)45(38-14-7-5-8-15-38,39-16-9-6-10-17-39)44-37-29-22-33(23-30-37)31-43-36-27-20-32(21-28-36)19-25-35-26-24-34-13-11-12-18-40(34)42(35)4;/h5-30H,31H2,1-4H3;1H/q+1;/p-1. The number of benzene rings is 5.